The second-order valence-electron chi connectivity index (χ2n) is 11.8. The van der Waals surface area contributed by atoms with Gasteiger partial charge in [-0.15, -0.1) is 0 Å². The molecule has 37 heavy (non-hydrogen) atoms. The first kappa shape index (κ1) is 32.4. The number of unbranched alkanes of at least 4 members (excludes halogenated alkanes) is 4. The molecule has 0 aliphatic heterocycles. The van der Waals surface area contributed by atoms with Crippen LogP contribution >= 0.6 is 0 Å². The summed E-state index contributed by atoms with van der Waals surface area (Å²) in [4.78, 5) is 41.5. The lowest BCUT2D eigenvalue weighted by Crippen LogP contribution is -2.55. The number of rotatable bonds is 12. The quantitative estimate of drug-likeness (QED) is 0.339. The summed E-state index contributed by atoms with van der Waals surface area (Å²) in [6.45, 7) is 16.6. The number of carbonyl (C=O) groups is 3. The van der Waals surface area contributed by atoms with Gasteiger partial charge in [0.05, 0.1) is 6.61 Å². The van der Waals surface area contributed by atoms with E-state index in [1.54, 1.807) is 20.8 Å². The molecule has 0 aliphatic carbocycles. The van der Waals surface area contributed by atoms with E-state index < -0.39 is 41.8 Å². The number of aliphatic hydroxyl groups excluding tert-OH is 1. The molecule has 0 heterocycles. The number of alkyl carbamates (subject to hydrolysis) is 1. The fourth-order valence-corrected chi connectivity index (χ4v) is 3.93. The lowest BCUT2D eigenvalue weighted by Gasteiger charge is -2.36. The van der Waals surface area contributed by atoms with Crippen LogP contribution in [0.5, 0.6) is 0 Å². The fraction of sp³-hybridized carbons (Fsp3) is 0.690. The Bertz CT molecular complexity index is 902. The monoisotopic (exact) mass is 519 g/mol. The van der Waals surface area contributed by atoms with Crippen molar-refractivity contribution >= 4 is 17.9 Å². The minimum Gasteiger partial charge on any atom is -0.444 e. The number of ether oxygens (including phenoxy) is 1. The van der Waals surface area contributed by atoms with Crippen LogP contribution in [0.15, 0.2) is 18.2 Å². The van der Waals surface area contributed by atoms with Crippen molar-refractivity contribution in [2.45, 2.75) is 118 Å². The van der Waals surface area contributed by atoms with Crippen molar-refractivity contribution in [3.05, 3.63) is 34.9 Å². The topological polar surface area (TPSA) is 108 Å². The number of nitrogens with one attached hydrogen (secondary N) is 2. The molecule has 0 radical (unpaired) electrons. The molecule has 1 aromatic carbocycles. The third-order valence-electron chi connectivity index (χ3n) is 5.86. The Balaban J connectivity index is 3.45. The Morgan fingerprint density at radius 2 is 1.59 bits per heavy atom. The van der Waals surface area contributed by atoms with Crippen LogP contribution in [0, 0.1) is 13.8 Å². The van der Waals surface area contributed by atoms with Crippen molar-refractivity contribution in [3.8, 4) is 0 Å². The Morgan fingerprint density at radius 3 is 2.11 bits per heavy atom. The van der Waals surface area contributed by atoms with Crippen LogP contribution in [0.2, 0.25) is 0 Å². The van der Waals surface area contributed by atoms with Gasteiger partial charge in [-0.3, -0.25) is 9.59 Å². The fourth-order valence-electron chi connectivity index (χ4n) is 3.93. The van der Waals surface area contributed by atoms with Gasteiger partial charge in [0.25, 0.3) is 0 Å². The number of benzene rings is 1. The van der Waals surface area contributed by atoms with Gasteiger partial charge in [-0.1, -0.05) is 50.8 Å². The van der Waals surface area contributed by atoms with Crippen molar-refractivity contribution in [1.29, 1.82) is 0 Å². The van der Waals surface area contributed by atoms with Crippen molar-refractivity contribution < 1.29 is 24.2 Å². The molecular weight excluding hydrogens is 470 g/mol. The minimum atomic E-state index is -1.25. The molecule has 0 fully saturated rings. The molecule has 0 aromatic heterocycles. The van der Waals surface area contributed by atoms with E-state index in [-0.39, 0.29) is 5.91 Å². The van der Waals surface area contributed by atoms with Crippen molar-refractivity contribution in [2.75, 3.05) is 13.2 Å². The first-order chi connectivity index (χ1) is 17.1. The Morgan fingerprint density at radius 1 is 0.973 bits per heavy atom. The first-order valence-corrected chi connectivity index (χ1v) is 13.4. The maximum atomic E-state index is 13.8. The van der Waals surface area contributed by atoms with E-state index in [0.717, 1.165) is 36.8 Å². The SMILES string of the molecule is CCCCCCCN(C(=O)C(CO)NC(=O)OC(C)(C)C)C(C(=O)NC(C)(C)C)c1ccc(C)c(C)c1. The Labute approximate surface area is 223 Å². The van der Waals surface area contributed by atoms with Gasteiger partial charge in [-0.25, -0.2) is 4.79 Å². The molecule has 1 rings (SSSR count). The number of aryl methyl sites for hydroxylation is 2. The summed E-state index contributed by atoms with van der Waals surface area (Å²) in [5, 5.41) is 15.6. The molecule has 0 bridgehead atoms. The zero-order valence-electron chi connectivity index (χ0n) is 24.4. The van der Waals surface area contributed by atoms with E-state index in [1.165, 1.54) is 4.90 Å². The summed E-state index contributed by atoms with van der Waals surface area (Å²) in [5.74, 6) is -0.845. The Hall–Kier alpha value is -2.61. The first-order valence-electron chi connectivity index (χ1n) is 13.4. The summed E-state index contributed by atoms with van der Waals surface area (Å²) in [5.41, 5.74) is 1.49. The molecule has 0 spiro atoms. The summed E-state index contributed by atoms with van der Waals surface area (Å²) < 4.78 is 5.30. The summed E-state index contributed by atoms with van der Waals surface area (Å²) in [7, 11) is 0. The van der Waals surface area contributed by atoms with Gasteiger partial charge in [0.2, 0.25) is 11.8 Å². The number of nitrogens with zero attached hydrogens (tertiary/aromatic N) is 1. The van der Waals surface area contributed by atoms with E-state index in [2.05, 4.69) is 17.6 Å². The van der Waals surface area contributed by atoms with E-state index >= 15 is 0 Å². The highest BCUT2D eigenvalue weighted by atomic mass is 16.6. The van der Waals surface area contributed by atoms with Gasteiger partial charge < -0.3 is 25.4 Å². The van der Waals surface area contributed by atoms with Crippen LogP contribution in [0.4, 0.5) is 4.79 Å². The van der Waals surface area contributed by atoms with E-state index in [4.69, 9.17) is 4.74 Å². The molecule has 1 aromatic rings. The number of amides is 3. The van der Waals surface area contributed by atoms with Crippen molar-refractivity contribution in [2.24, 2.45) is 0 Å². The molecule has 210 valence electrons. The molecule has 2 atom stereocenters. The Kier molecular flexibility index (Phi) is 12.6. The van der Waals surface area contributed by atoms with Gasteiger partial charge in [0.15, 0.2) is 0 Å². The predicted octanol–water partition coefficient (Wildman–Crippen LogP) is 4.94. The van der Waals surface area contributed by atoms with Crippen molar-refractivity contribution in [3.63, 3.8) is 0 Å². The summed E-state index contributed by atoms with van der Waals surface area (Å²) in [6, 6.07) is 3.55. The predicted molar refractivity (Wildman–Crippen MR) is 147 cm³/mol. The van der Waals surface area contributed by atoms with Gasteiger partial charge >= 0.3 is 6.09 Å². The molecular formula is C29H49N3O5. The number of hydrogen-bond acceptors (Lipinski definition) is 5. The summed E-state index contributed by atoms with van der Waals surface area (Å²) >= 11 is 0. The average molecular weight is 520 g/mol. The smallest absolute Gasteiger partial charge is 0.408 e. The van der Waals surface area contributed by atoms with E-state index in [0.29, 0.717) is 18.5 Å². The van der Waals surface area contributed by atoms with Crippen LogP contribution in [-0.2, 0) is 14.3 Å². The van der Waals surface area contributed by atoms with Crippen molar-refractivity contribution in [1.82, 2.24) is 15.5 Å². The van der Waals surface area contributed by atoms with Gasteiger partial charge in [-0.05, 0) is 78.5 Å². The molecule has 2 unspecified atom stereocenters. The number of carbonyl (C=O) groups excluding carboxylic acids is 3. The van der Waals surface area contributed by atoms with Gasteiger partial charge in [0.1, 0.15) is 17.7 Å². The molecule has 8 heteroatoms. The highest BCUT2D eigenvalue weighted by molar-refractivity contribution is 5.92. The highest BCUT2D eigenvalue weighted by Gasteiger charge is 2.37. The average Bonchev–Trinajstić information content (AvgIpc) is 2.75. The second-order valence-corrected chi connectivity index (χ2v) is 11.8. The van der Waals surface area contributed by atoms with Gasteiger partial charge in [0, 0.05) is 12.1 Å². The molecule has 0 saturated heterocycles. The standard InChI is InChI=1S/C29H49N3O5/c1-10-11-12-13-14-17-32(26(35)23(19-33)30-27(36)37-29(7,8)9)24(25(34)31-28(4,5)6)22-16-15-20(2)21(3)18-22/h15-16,18,23-24,33H,10-14,17,19H2,1-9H3,(H,30,36)(H,31,34). The summed E-state index contributed by atoms with van der Waals surface area (Å²) in [6.07, 6.45) is 4.01. The maximum Gasteiger partial charge on any atom is 0.408 e. The third kappa shape index (κ3) is 11.5. The number of hydrogen-bond donors (Lipinski definition) is 3. The third-order valence-corrected chi connectivity index (χ3v) is 5.86. The lowest BCUT2D eigenvalue weighted by atomic mass is 9.97. The highest BCUT2D eigenvalue weighted by Crippen LogP contribution is 2.26. The van der Waals surface area contributed by atoms with Crippen LogP contribution in [0.3, 0.4) is 0 Å². The molecule has 8 nitrogen and oxygen atoms in total. The largest absolute Gasteiger partial charge is 0.444 e. The molecule has 0 saturated carbocycles. The van der Waals surface area contributed by atoms with E-state index in [9.17, 15) is 19.5 Å². The molecule has 3 amide bonds. The van der Waals surface area contributed by atoms with Gasteiger partial charge in [-0.2, -0.15) is 0 Å². The van der Waals surface area contributed by atoms with E-state index in [1.807, 2.05) is 52.8 Å². The van der Waals surface area contributed by atoms with Crippen LogP contribution in [0.25, 0.3) is 0 Å². The van der Waals surface area contributed by atoms with Crippen LogP contribution in [-0.4, -0.2) is 58.2 Å². The maximum absolute atomic E-state index is 13.8. The van der Waals surface area contributed by atoms with Crippen LogP contribution in [0.1, 0.15) is 103 Å². The zero-order valence-corrected chi connectivity index (χ0v) is 24.4. The minimum absolute atomic E-state index is 0.310. The molecule has 3 N–H and O–H groups in total. The second kappa shape index (κ2) is 14.4. The number of aliphatic hydroxyl groups is 1. The normalized spacial score (nSPS) is 13.5. The lowest BCUT2D eigenvalue weighted by molar-refractivity contribution is -0.144. The zero-order chi connectivity index (χ0) is 28.4. The molecule has 0 aliphatic rings. The van der Waals surface area contributed by atoms with Crippen LogP contribution < -0.4 is 10.6 Å².